The Bertz CT molecular complexity index is 436. The lowest BCUT2D eigenvalue weighted by Crippen LogP contribution is -2.25. The van der Waals surface area contributed by atoms with E-state index in [4.69, 9.17) is 12.2 Å². The summed E-state index contributed by atoms with van der Waals surface area (Å²) in [5, 5.41) is 0. The summed E-state index contributed by atoms with van der Waals surface area (Å²) in [4.78, 5) is 17.2. The molecule has 1 aliphatic rings. The van der Waals surface area contributed by atoms with Crippen molar-refractivity contribution in [3.63, 3.8) is 0 Å². The Morgan fingerprint density at radius 1 is 1.67 bits per heavy atom. The zero-order valence-corrected chi connectivity index (χ0v) is 8.18. The molecule has 0 spiro atoms. The van der Waals surface area contributed by atoms with Gasteiger partial charge in [-0.15, -0.1) is 12.3 Å². The second-order valence-corrected chi connectivity index (χ2v) is 3.51. The summed E-state index contributed by atoms with van der Waals surface area (Å²) >= 11 is 0. The van der Waals surface area contributed by atoms with E-state index in [-0.39, 0.29) is 11.8 Å². The Morgan fingerprint density at radius 2 is 2.47 bits per heavy atom. The van der Waals surface area contributed by atoms with Crippen molar-refractivity contribution in [2.75, 3.05) is 17.2 Å². The summed E-state index contributed by atoms with van der Waals surface area (Å²) in [6, 6.07) is 1.67. The summed E-state index contributed by atoms with van der Waals surface area (Å²) in [6.45, 7) is 0.533. The van der Waals surface area contributed by atoms with Crippen LogP contribution < -0.4 is 10.6 Å². The van der Waals surface area contributed by atoms with Gasteiger partial charge in [-0.25, -0.2) is 0 Å². The number of amides is 1. The molecule has 1 atom stereocenters. The Kier molecular flexibility index (Phi) is 2.30. The van der Waals surface area contributed by atoms with Crippen molar-refractivity contribution in [1.29, 1.82) is 0 Å². The highest BCUT2D eigenvalue weighted by Gasteiger charge is 2.30. The average molecular weight is 201 g/mol. The van der Waals surface area contributed by atoms with Crippen LogP contribution in [0.5, 0.6) is 0 Å². The smallest absolute Gasteiger partial charge is 0.228 e. The van der Waals surface area contributed by atoms with Crippen LogP contribution in [0.2, 0.25) is 0 Å². The summed E-state index contributed by atoms with van der Waals surface area (Å²) in [5.41, 5.74) is 6.97. The fraction of sp³-hybridized carbons (Fsp3) is 0.273. The zero-order chi connectivity index (χ0) is 10.8. The number of nitrogens with two attached hydrogens (primary N) is 1. The monoisotopic (exact) mass is 201 g/mol. The van der Waals surface area contributed by atoms with Gasteiger partial charge in [-0.3, -0.25) is 9.78 Å². The van der Waals surface area contributed by atoms with Crippen LogP contribution in [0.25, 0.3) is 0 Å². The van der Waals surface area contributed by atoms with Gasteiger partial charge in [0.2, 0.25) is 5.91 Å². The molecule has 4 heteroatoms. The van der Waals surface area contributed by atoms with Gasteiger partial charge in [-0.05, 0) is 6.07 Å². The van der Waals surface area contributed by atoms with E-state index in [0.29, 0.717) is 24.3 Å². The van der Waals surface area contributed by atoms with E-state index in [1.807, 2.05) is 0 Å². The van der Waals surface area contributed by atoms with E-state index >= 15 is 0 Å². The van der Waals surface area contributed by atoms with Crippen LogP contribution in [0, 0.1) is 18.3 Å². The van der Waals surface area contributed by atoms with Gasteiger partial charge in [0.05, 0.1) is 17.6 Å². The number of hydrogen-bond donors (Lipinski definition) is 1. The average Bonchev–Trinajstić information content (AvgIpc) is 2.60. The summed E-state index contributed by atoms with van der Waals surface area (Å²) in [6.07, 6.45) is 8.88. The van der Waals surface area contributed by atoms with E-state index < -0.39 is 0 Å². The molecule has 2 rings (SSSR count). The number of hydrogen-bond acceptors (Lipinski definition) is 3. The minimum atomic E-state index is -0.0166. The van der Waals surface area contributed by atoms with Gasteiger partial charge in [0.1, 0.15) is 0 Å². The molecule has 1 unspecified atom stereocenters. The summed E-state index contributed by atoms with van der Waals surface area (Å²) < 4.78 is 0. The quantitative estimate of drug-likeness (QED) is 0.679. The molecule has 1 aromatic rings. The van der Waals surface area contributed by atoms with Crippen LogP contribution in [-0.2, 0) is 4.79 Å². The van der Waals surface area contributed by atoms with Crippen LogP contribution in [0.15, 0.2) is 18.5 Å². The number of rotatable bonds is 1. The SMILES string of the molecule is C#CC1CC(=O)N(c2cnccc2N)C1. The zero-order valence-electron chi connectivity index (χ0n) is 8.18. The molecular weight excluding hydrogens is 190 g/mol. The maximum absolute atomic E-state index is 11.6. The Labute approximate surface area is 88.1 Å². The lowest BCUT2D eigenvalue weighted by Gasteiger charge is -2.17. The highest BCUT2D eigenvalue weighted by Crippen LogP contribution is 2.28. The second kappa shape index (κ2) is 3.62. The molecule has 2 N–H and O–H groups in total. The van der Waals surface area contributed by atoms with Crippen LogP contribution in [-0.4, -0.2) is 17.4 Å². The first-order valence-electron chi connectivity index (χ1n) is 4.68. The van der Waals surface area contributed by atoms with Crippen LogP contribution >= 0.6 is 0 Å². The van der Waals surface area contributed by atoms with Crippen molar-refractivity contribution in [3.05, 3.63) is 18.5 Å². The number of nitrogen functional groups attached to an aromatic ring is 1. The molecule has 0 radical (unpaired) electrons. The first kappa shape index (κ1) is 9.53. The molecule has 4 nitrogen and oxygen atoms in total. The number of nitrogens with zero attached hydrogens (tertiary/aromatic N) is 2. The molecule has 0 aliphatic carbocycles. The van der Waals surface area contributed by atoms with Gasteiger partial charge < -0.3 is 10.6 Å². The number of pyridine rings is 1. The lowest BCUT2D eigenvalue weighted by molar-refractivity contribution is -0.117. The number of anilines is 2. The third kappa shape index (κ3) is 1.64. The minimum Gasteiger partial charge on any atom is -0.397 e. The van der Waals surface area contributed by atoms with Gasteiger partial charge in [0, 0.05) is 25.1 Å². The largest absolute Gasteiger partial charge is 0.397 e. The second-order valence-electron chi connectivity index (χ2n) is 3.51. The minimum absolute atomic E-state index is 0.0117. The lowest BCUT2D eigenvalue weighted by atomic mass is 10.1. The molecular formula is C11H11N3O. The number of aromatic nitrogens is 1. The van der Waals surface area contributed by atoms with Crippen molar-refractivity contribution in [2.45, 2.75) is 6.42 Å². The van der Waals surface area contributed by atoms with E-state index in [0.717, 1.165) is 0 Å². The van der Waals surface area contributed by atoms with Crippen LogP contribution in [0.3, 0.4) is 0 Å². The first-order valence-corrected chi connectivity index (χ1v) is 4.68. The maximum Gasteiger partial charge on any atom is 0.228 e. The molecule has 76 valence electrons. The molecule has 1 saturated heterocycles. The highest BCUT2D eigenvalue weighted by atomic mass is 16.2. The molecule has 0 saturated carbocycles. The molecule has 1 fully saturated rings. The topological polar surface area (TPSA) is 59.2 Å². The molecule has 0 bridgehead atoms. The van der Waals surface area contributed by atoms with Crippen LogP contribution in [0.1, 0.15) is 6.42 Å². The molecule has 2 heterocycles. The number of carbonyl (C=O) groups is 1. The van der Waals surface area contributed by atoms with Gasteiger partial charge in [0.15, 0.2) is 0 Å². The fourth-order valence-corrected chi connectivity index (χ4v) is 1.67. The van der Waals surface area contributed by atoms with Crippen molar-refractivity contribution in [1.82, 2.24) is 4.98 Å². The molecule has 1 aromatic heterocycles. The molecule has 15 heavy (non-hydrogen) atoms. The molecule has 1 amide bonds. The normalized spacial score (nSPS) is 20.3. The van der Waals surface area contributed by atoms with Crippen molar-refractivity contribution in [3.8, 4) is 12.3 Å². The maximum atomic E-state index is 11.6. The first-order chi connectivity index (χ1) is 7.22. The predicted octanol–water partition coefficient (Wildman–Crippen LogP) is 0.650. The van der Waals surface area contributed by atoms with Crippen molar-refractivity contribution >= 4 is 17.3 Å². The predicted molar refractivity (Wildman–Crippen MR) is 57.9 cm³/mol. The van der Waals surface area contributed by atoms with Crippen LogP contribution in [0.4, 0.5) is 11.4 Å². The highest BCUT2D eigenvalue weighted by molar-refractivity contribution is 5.98. The van der Waals surface area contributed by atoms with Gasteiger partial charge in [0.25, 0.3) is 0 Å². The standard InChI is InChI=1S/C11H11N3O/c1-2-8-5-11(15)14(7-8)10-6-13-4-3-9(10)12/h1,3-4,6,8H,5,7H2,(H2,12,13). The van der Waals surface area contributed by atoms with E-state index in [1.165, 1.54) is 0 Å². The van der Waals surface area contributed by atoms with Gasteiger partial charge >= 0.3 is 0 Å². The molecule has 1 aliphatic heterocycles. The Hall–Kier alpha value is -2.02. The molecule has 0 aromatic carbocycles. The van der Waals surface area contributed by atoms with Gasteiger partial charge in [-0.1, -0.05) is 0 Å². The summed E-state index contributed by atoms with van der Waals surface area (Å²) in [7, 11) is 0. The van der Waals surface area contributed by atoms with Crippen molar-refractivity contribution in [2.24, 2.45) is 5.92 Å². The van der Waals surface area contributed by atoms with E-state index in [2.05, 4.69) is 10.9 Å². The van der Waals surface area contributed by atoms with E-state index in [9.17, 15) is 4.79 Å². The summed E-state index contributed by atoms with van der Waals surface area (Å²) in [5.74, 6) is 2.58. The van der Waals surface area contributed by atoms with Gasteiger partial charge in [-0.2, -0.15) is 0 Å². The Balaban J connectivity index is 2.30. The number of carbonyl (C=O) groups excluding carboxylic acids is 1. The Morgan fingerprint density at radius 3 is 3.07 bits per heavy atom. The third-order valence-corrected chi connectivity index (χ3v) is 2.48. The van der Waals surface area contributed by atoms with E-state index in [1.54, 1.807) is 23.4 Å². The number of terminal acetylenes is 1. The fourth-order valence-electron chi connectivity index (χ4n) is 1.67. The third-order valence-electron chi connectivity index (χ3n) is 2.48. The van der Waals surface area contributed by atoms with Crippen molar-refractivity contribution < 1.29 is 4.79 Å².